The lowest BCUT2D eigenvalue weighted by Crippen LogP contribution is -2.30. The zero-order valence-corrected chi connectivity index (χ0v) is 13.4. The zero-order chi connectivity index (χ0) is 16.8. The van der Waals surface area contributed by atoms with E-state index in [2.05, 4.69) is 10.6 Å². The lowest BCUT2D eigenvalue weighted by Gasteiger charge is -2.15. The predicted molar refractivity (Wildman–Crippen MR) is 90.6 cm³/mol. The first-order chi connectivity index (χ1) is 10.9. The molecule has 0 radical (unpaired) electrons. The number of amides is 2. The van der Waals surface area contributed by atoms with Gasteiger partial charge in [-0.2, -0.15) is 0 Å². The van der Waals surface area contributed by atoms with Crippen LogP contribution in [0.3, 0.4) is 0 Å². The molecule has 0 fully saturated rings. The fourth-order valence-corrected chi connectivity index (χ4v) is 1.96. The number of benzene rings is 2. The van der Waals surface area contributed by atoms with Crippen molar-refractivity contribution in [3.63, 3.8) is 0 Å². The molecular formula is C18H20N2O3. The molecule has 0 aliphatic heterocycles. The highest BCUT2D eigenvalue weighted by Crippen LogP contribution is 2.16. The Hall–Kier alpha value is -2.82. The van der Waals surface area contributed by atoms with E-state index in [9.17, 15) is 9.59 Å². The molecule has 0 aliphatic rings. The number of hydrogen-bond acceptors (Lipinski definition) is 3. The quantitative estimate of drug-likeness (QED) is 0.889. The van der Waals surface area contributed by atoms with Gasteiger partial charge in [0, 0.05) is 18.3 Å². The van der Waals surface area contributed by atoms with Crippen molar-refractivity contribution in [1.29, 1.82) is 0 Å². The standard InChI is InChI=1S/C18H20N2O3/c1-12-4-10-17(11-5-12)23-13(2)18(22)20-16-8-6-15(7-9-16)19-14(3)21/h4-11,13H,1-3H3,(H,19,21)(H,20,22)/t13-/m0/s1. The van der Waals surface area contributed by atoms with E-state index in [1.807, 2.05) is 31.2 Å². The minimum absolute atomic E-state index is 0.137. The number of carbonyl (C=O) groups excluding carboxylic acids is 2. The molecule has 0 aliphatic carbocycles. The summed E-state index contributed by atoms with van der Waals surface area (Å²) in [7, 11) is 0. The third-order valence-electron chi connectivity index (χ3n) is 3.18. The van der Waals surface area contributed by atoms with Crippen LogP contribution in [0.15, 0.2) is 48.5 Å². The molecular weight excluding hydrogens is 292 g/mol. The van der Waals surface area contributed by atoms with Crippen LogP contribution in [0.1, 0.15) is 19.4 Å². The van der Waals surface area contributed by atoms with Gasteiger partial charge in [0.25, 0.3) is 5.91 Å². The average Bonchev–Trinajstić information content (AvgIpc) is 2.51. The van der Waals surface area contributed by atoms with E-state index in [0.717, 1.165) is 5.56 Å². The minimum atomic E-state index is -0.618. The summed E-state index contributed by atoms with van der Waals surface area (Å²) in [5, 5.41) is 5.45. The Morgan fingerprint density at radius 1 is 0.913 bits per heavy atom. The van der Waals surface area contributed by atoms with E-state index in [1.165, 1.54) is 6.92 Å². The van der Waals surface area contributed by atoms with Crippen LogP contribution in [-0.2, 0) is 9.59 Å². The molecule has 5 heteroatoms. The number of carbonyl (C=O) groups is 2. The predicted octanol–water partition coefficient (Wildman–Crippen LogP) is 3.36. The first-order valence-electron chi connectivity index (χ1n) is 7.36. The minimum Gasteiger partial charge on any atom is -0.481 e. The van der Waals surface area contributed by atoms with E-state index in [0.29, 0.717) is 17.1 Å². The van der Waals surface area contributed by atoms with Gasteiger partial charge in [-0.25, -0.2) is 0 Å². The Labute approximate surface area is 135 Å². The maximum atomic E-state index is 12.1. The Morgan fingerprint density at radius 3 is 1.96 bits per heavy atom. The first-order valence-corrected chi connectivity index (χ1v) is 7.36. The van der Waals surface area contributed by atoms with Crippen molar-refractivity contribution in [2.75, 3.05) is 10.6 Å². The van der Waals surface area contributed by atoms with Gasteiger partial charge in [-0.1, -0.05) is 17.7 Å². The van der Waals surface area contributed by atoms with Crippen LogP contribution in [0.2, 0.25) is 0 Å². The molecule has 2 amide bonds. The van der Waals surface area contributed by atoms with Crippen LogP contribution >= 0.6 is 0 Å². The van der Waals surface area contributed by atoms with Gasteiger partial charge >= 0.3 is 0 Å². The summed E-state index contributed by atoms with van der Waals surface area (Å²) in [6.07, 6.45) is -0.618. The molecule has 0 bridgehead atoms. The number of ether oxygens (including phenoxy) is 1. The molecule has 0 spiro atoms. The fraction of sp³-hybridized carbons (Fsp3) is 0.222. The van der Waals surface area contributed by atoms with Crippen molar-refractivity contribution in [3.8, 4) is 5.75 Å². The molecule has 0 saturated carbocycles. The first kappa shape index (κ1) is 16.5. The highest BCUT2D eigenvalue weighted by atomic mass is 16.5. The van der Waals surface area contributed by atoms with Gasteiger partial charge in [0.1, 0.15) is 5.75 Å². The second-order valence-electron chi connectivity index (χ2n) is 5.32. The van der Waals surface area contributed by atoms with Crippen LogP contribution in [0.25, 0.3) is 0 Å². The van der Waals surface area contributed by atoms with Crippen LogP contribution in [0.4, 0.5) is 11.4 Å². The summed E-state index contributed by atoms with van der Waals surface area (Å²) >= 11 is 0. The summed E-state index contributed by atoms with van der Waals surface area (Å²) in [5.41, 5.74) is 2.46. The molecule has 2 aromatic carbocycles. The van der Waals surface area contributed by atoms with E-state index < -0.39 is 6.10 Å². The molecule has 0 saturated heterocycles. The largest absolute Gasteiger partial charge is 0.481 e. The van der Waals surface area contributed by atoms with Crippen molar-refractivity contribution < 1.29 is 14.3 Å². The third-order valence-corrected chi connectivity index (χ3v) is 3.18. The zero-order valence-electron chi connectivity index (χ0n) is 13.4. The maximum Gasteiger partial charge on any atom is 0.265 e. The molecule has 2 aromatic rings. The summed E-state index contributed by atoms with van der Waals surface area (Å²) in [4.78, 5) is 23.1. The molecule has 0 unspecified atom stereocenters. The number of nitrogens with one attached hydrogen (secondary N) is 2. The van der Waals surface area contributed by atoms with Crippen LogP contribution in [0, 0.1) is 6.92 Å². The molecule has 2 N–H and O–H groups in total. The molecule has 1 atom stereocenters. The van der Waals surface area contributed by atoms with E-state index in [4.69, 9.17) is 4.74 Å². The van der Waals surface area contributed by atoms with Crippen LogP contribution in [-0.4, -0.2) is 17.9 Å². The summed E-state index contributed by atoms with van der Waals surface area (Å²) in [6, 6.07) is 14.4. The van der Waals surface area contributed by atoms with Gasteiger partial charge in [0.2, 0.25) is 5.91 Å². The van der Waals surface area contributed by atoms with Crippen molar-refractivity contribution in [2.24, 2.45) is 0 Å². The lowest BCUT2D eigenvalue weighted by atomic mass is 10.2. The monoisotopic (exact) mass is 312 g/mol. The second kappa shape index (κ2) is 7.45. The Kier molecular flexibility index (Phi) is 5.36. The summed E-state index contributed by atoms with van der Waals surface area (Å²) < 4.78 is 5.61. The SMILES string of the molecule is CC(=O)Nc1ccc(NC(=O)[C@H](C)Oc2ccc(C)cc2)cc1. The van der Waals surface area contributed by atoms with Gasteiger partial charge in [-0.15, -0.1) is 0 Å². The molecule has 2 rings (SSSR count). The van der Waals surface area contributed by atoms with E-state index >= 15 is 0 Å². The van der Waals surface area contributed by atoms with E-state index in [-0.39, 0.29) is 11.8 Å². The fourth-order valence-electron chi connectivity index (χ4n) is 1.96. The molecule has 120 valence electrons. The van der Waals surface area contributed by atoms with Gasteiger partial charge in [-0.05, 0) is 50.2 Å². The summed E-state index contributed by atoms with van der Waals surface area (Å²) in [6.45, 7) is 5.13. The number of rotatable bonds is 5. The van der Waals surface area contributed by atoms with Gasteiger partial charge in [0.15, 0.2) is 6.10 Å². The Morgan fingerprint density at radius 2 is 1.43 bits per heavy atom. The third kappa shape index (κ3) is 5.14. The Bertz CT molecular complexity index is 678. The van der Waals surface area contributed by atoms with Gasteiger partial charge < -0.3 is 15.4 Å². The van der Waals surface area contributed by atoms with Crippen molar-refractivity contribution in [3.05, 3.63) is 54.1 Å². The topological polar surface area (TPSA) is 67.4 Å². The van der Waals surface area contributed by atoms with Crippen molar-refractivity contribution >= 4 is 23.2 Å². The van der Waals surface area contributed by atoms with Crippen LogP contribution < -0.4 is 15.4 Å². The lowest BCUT2D eigenvalue weighted by molar-refractivity contribution is -0.122. The molecule has 0 heterocycles. The smallest absolute Gasteiger partial charge is 0.265 e. The van der Waals surface area contributed by atoms with Crippen molar-refractivity contribution in [2.45, 2.75) is 26.9 Å². The second-order valence-corrected chi connectivity index (χ2v) is 5.32. The highest BCUT2D eigenvalue weighted by Gasteiger charge is 2.14. The van der Waals surface area contributed by atoms with Gasteiger partial charge in [0.05, 0.1) is 0 Å². The highest BCUT2D eigenvalue weighted by molar-refractivity contribution is 5.94. The number of aryl methyl sites for hydroxylation is 1. The maximum absolute atomic E-state index is 12.1. The average molecular weight is 312 g/mol. The molecule has 0 aromatic heterocycles. The Balaban J connectivity index is 1.92. The molecule has 23 heavy (non-hydrogen) atoms. The number of hydrogen-bond donors (Lipinski definition) is 2. The normalized spacial score (nSPS) is 11.4. The summed E-state index contributed by atoms with van der Waals surface area (Å²) in [5.74, 6) is 0.277. The van der Waals surface area contributed by atoms with Gasteiger partial charge in [-0.3, -0.25) is 9.59 Å². The van der Waals surface area contributed by atoms with Crippen molar-refractivity contribution in [1.82, 2.24) is 0 Å². The van der Waals surface area contributed by atoms with E-state index in [1.54, 1.807) is 31.2 Å². The molecule has 5 nitrogen and oxygen atoms in total. The number of anilines is 2. The van der Waals surface area contributed by atoms with Crippen LogP contribution in [0.5, 0.6) is 5.75 Å².